The van der Waals surface area contributed by atoms with Gasteiger partial charge in [0.25, 0.3) is 0 Å². The van der Waals surface area contributed by atoms with Crippen molar-refractivity contribution in [2.24, 2.45) is 11.8 Å². The number of ether oxygens (including phenoxy) is 1. The van der Waals surface area contributed by atoms with Crippen molar-refractivity contribution in [3.63, 3.8) is 0 Å². The van der Waals surface area contributed by atoms with Crippen molar-refractivity contribution in [2.45, 2.75) is 45.9 Å². The van der Waals surface area contributed by atoms with Gasteiger partial charge in [-0.05, 0) is 62.3 Å². The first kappa shape index (κ1) is 17.3. The summed E-state index contributed by atoms with van der Waals surface area (Å²) in [5, 5.41) is 0. The van der Waals surface area contributed by atoms with Crippen LogP contribution in [0.4, 0.5) is 0 Å². The number of rotatable bonds is 4. The fourth-order valence-corrected chi connectivity index (χ4v) is 5.05. The smallest absolute Gasteiger partial charge is 0.246 e. The summed E-state index contributed by atoms with van der Waals surface area (Å²) in [7, 11) is -3.51. The van der Waals surface area contributed by atoms with Gasteiger partial charge in [0.1, 0.15) is 10.6 Å². The van der Waals surface area contributed by atoms with E-state index in [4.69, 9.17) is 4.74 Å². The molecule has 0 aliphatic carbocycles. The summed E-state index contributed by atoms with van der Waals surface area (Å²) in [5.74, 6) is 1.25. The highest BCUT2D eigenvalue weighted by Crippen LogP contribution is 2.33. The summed E-state index contributed by atoms with van der Waals surface area (Å²) in [4.78, 5) is 0.304. The fraction of sp³-hybridized carbons (Fsp3) is 0.647. The Kier molecular flexibility index (Phi) is 5.17. The van der Waals surface area contributed by atoms with Gasteiger partial charge in [0.2, 0.25) is 10.0 Å². The topological polar surface area (TPSA) is 46.6 Å². The third kappa shape index (κ3) is 3.46. The van der Waals surface area contributed by atoms with Crippen molar-refractivity contribution in [1.82, 2.24) is 4.31 Å². The lowest BCUT2D eigenvalue weighted by Crippen LogP contribution is -2.42. The first-order valence-electron chi connectivity index (χ1n) is 7.99. The van der Waals surface area contributed by atoms with Crippen LogP contribution in [0.15, 0.2) is 17.0 Å². The highest BCUT2D eigenvalue weighted by Gasteiger charge is 2.33. The number of piperidine rings is 1. The highest BCUT2D eigenvalue weighted by molar-refractivity contribution is 7.89. The number of aryl methyl sites for hydroxylation is 2. The second-order valence-electron chi connectivity index (χ2n) is 6.58. The van der Waals surface area contributed by atoms with E-state index < -0.39 is 10.0 Å². The lowest BCUT2D eigenvalue weighted by molar-refractivity contribution is 0.222. The Hall–Kier alpha value is -1.07. The van der Waals surface area contributed by atoms with Crippen molar-refractivity contribution >= 4 is 10.0 Å². The number of hydrogen-bond acceptors (Lipinski definition) is 3. The second kappa shape index (κ2) is 6.59. The normalized spacial score (nSPS) is 23.5. The van der Waals surface area contributed by atoms with Gasteiger partial charge in [-0.1, -0.05) is 13.8 Å². The van der Waals surface area contributed by atoms with E-state index in [1.54, 1.807) is 10.4 Å². The first-order chi connectivity index (χ1) is 10.3. The Labute approximate surface area is 134 Å². The van der Waals surface area contributed by atoms with Crippen molar-refractivity contribution < 1.29 is 13.2 Å². The van der Waals surface area contributed by atoms with E-state index >= 15 is 0 Å². The van der Waals surface area contributed by atoms with E-state index in [1.807, 2.05) is 26.8 Å². The van der Waals surface area contributed by atoms with E-state index in [0.29, 0.717) is 42.2 Å². The average molecular weight is 325 g/mol. The molecule has 0 bridgehead atoms. The molecule has 0 amide bonds. The number of hydrogen-bond donors (Lipinski definition) is 0. The van der Waals surface area contributed by atoms with Crippen LogP contribution in [0.25, 0.3) is 0 Å². The van der Waals surface area contributed by atoms with Gasteiger partial charge in [0.15, 0.2) is 0 Å². The van der Waals surface area contributed by atoms with Crippen molar-refractivity contribution in [2.75, 3.05) is 19.7 Å². The summed E-state index contributed by atoms with van der Waals surface area (Å²) >= 11 is 0. The quantitative estimate of drug-likeness (QED) is 0.852. The minimum absolute atomic E-state index is 0.304. The molecule has 5 heteroatoms. The molecular formula is C17H27NO3S. The SMILES string of the molecule is CCOc1cc(C)c(C)cc1S(=O)(=O)N1C[C@H](C)C[C@H](C)C1. The second-order valence-corrected chi connectivity index (χ2v) is 8.49. The molecule has 2 atom stereocenters. The molecule has 1 saturated heterocycles. The van der Waals surface area contributed by atoms with Crippen LogP contribution in [0.3, 0.4) is 0 Å². The van der Waals surface area contributed by atoms with Gasteiger partial charge in [-0.15, -0.1) is 0 Å². The molecule has 2 rings (SSSR count). The van der Waals surface area contributed by atoms with Gasteiger partial charge >= 0.3 is 0 Å². The van der Waals surface area contributed by atoms with Gasteiger partial charge < -0.3 is 4.74 Å². The maximum absolute atomic E-state index is 13.1. The molecule has 0 aromatic heterocycles. The Morgan fingerprint density at radius 2 is 1.68 bits per heavy atom. The molecule has 0 spiro atoms. The highest BCUT2D eigenvalue weighted by atomic mass is 32.2. The molecule has 1 aromatic carbocycles. The van der Waals surface area contributed by atoms with Crippen molar-refractivity contribution in [3.8, 4) is 5.75 Å². The number of sulfonamides is 1. The molecular weight excluding hydrogens is 298 g/mol. The maximum atomic E-state index is 13.1. The van der Waals surface area contributed by atoms with Crippen molar-refractivity contribution in [3.05, 3.63) is 23.3 Å². The van der Waals surface area contributed by atoms with Crippen LogP contribution in [0, 0.1) is 25.7 Å². The molecule has 1 fully saturated rings. The minimum Gasteiger partial charge on any atom is -0.492 e. The fourth-order valence-electron chi connectivity index (χ4n) is 3.17. The van der Waals surface area contributed by atoms with Gasteiger partial charge in [-0.25, -0.2) is 8.42 Å². The van der Waals surface area contributed by atoms with E-state index in [1.165, 1.54) is 0 Å². The number of nitrogens with zero attached hydrogens (tertiary/aromatic N) is 1. The minimum atomic E-state index is -3.51. The van der Waals surface area contributed by atoms with Crippen LogP contribution >= 0.6 is 0 Å². The zero-order valence-corrected chi connectivity index (χ0v) is 15.0. The Morgan fingerprint density at radius 3 is 2.23 bits per heavy atom. The molecule has 4 nitrogen and oxygen atoms in total. The van der Waals surface area contributed by atoms with Gasteiger partial charge in [0.05, 0.1) is 6.61 Å². The van der Waals surface area contributed by atoms with Gasteiger partial charge in [0, 0.05) is 13.1 Å². The summed E-state index contributed by atoms with van der Waals surface area (Å²) < 4.78 is 33.4. The molecule has 1 heterocycles. The zero-order chi connectivity index (χ0) is 16.5. The molecule has 1 aliphatic heterocycles. The van der Waals surface area contributed by atoms with E-state index in [-0.39, 0.29) is 0 Å². The molecule has 0 radical (unpaired) electrons. The Morgan fingerprint density at radius 1 is 1.14 bits per heavy atom. The average Bonchev–Trinajstić information content (AvgIpc) is 2.41. The van der Waals surface area contributed by atoms with E-state index in [0.717, 1.165) is 17.5 Å². The molecule has 22 heavy (non-hydrogen) atoms. The van der Waals surface area contributed by atoms with Crippen LogP contribution in [0.2, 0.25) is 0 Å². The molecule has 124 valence electrons. The van der Waals surface area contributed by atoms with Crippen LogP contribution in [-0.2, 0) is 10.0 Å². The van der Waals surface area contributed by atoms with Crippen LogP contribution in [-0.4, -0.2) is 32.4 Å². The predicted molar refractivity (Wildman–Crippen MR) is 88.8 cm³/mol. The summed E-state index contributed by atoms with van der Waals surface area (Å²) in [5.41, 5.74) is 2.02. The molecule has 1 aromatic rings. The number of benzene rings is 1. The van der Waals surface area contributed by atoms with E-state index in [9.17, 15) is 8.42 Å². The Balaban J connectivity index is 2.46. The largest absolute Gasteiger partial charge is 0.492 e. The molecule has 0 saturated carbocycles. The van der Waals surface area contributed by atoms with Gasteiger partial charge in [-0.3, -0.25) is 0 Å². The summed E-state index contributed by atoms with van der Waals surface area (Å²) in [6.45, 7) is 11.6. The zero-order valence-electron chi connectivity index (χ0n) is 14.2. The molecule has 0 unspecified atom stereocenters. The first-order valence-corrected chi connectivity index (χ1v) is 9.43. The van der Waals surface area contributed by atoms with Crippen LogP contribution < -0.4 is 4.74 Å². The van der Waals surface area contributed by atoms with Gasteiger partial charge in [-0.2, -0.15) is 4.31 Å². The summed E-state index contributed by atoms with van der Waals surface area (Å²) in [6.07, 6.45) is 1.08. The lowest BCUT2D eigenvalue weighted by atomic mass is 9.94. The van der Waals surface area contributed by atoms with Crippen LogP contribution in [0.1, 0.15) is 38.3 Å². The van der Waals surface area contributed by atoms with Crippen molar-refractivity contribution in [1.29, 1.82) is 0 Å². The standard InChI is InChI=1S/C17H27NO3S/c1-6-21-16-8-14(4)15(5)9-17(16)22(19,20)18-10-12(2)7-13(3)11-18/h8-9,12-13H,6-7,10-11H2,1-5H3/t12-,13+. The van der Waals surface area contributed by atoms with Crippen LogP contribution in [0.5, 0.6) is 5.75 Å². The third-order valence-electron chi connectivity index (χ3n) is 4.31. The summed E-state index contributed by atoms with van der Waals surface area (Å²) in [6, 6.07) is 3.59. The monoisotopic (exact) mass is 325 g/mol. The third-order valence-corrected chi connectivity index (χ3v) is 6.17. The lowest BCUT2D eigenvalue weighted by Gasteiger charge is -2.34. The maximum Gasteiger partial charge on any atom is 0.246 e. The molecule has 1 aliphatic rings. The van der Waals surface area contributed by atoms with E-state index in [2.05, 4.69) is 13.8 Å². The Bertz CT molecular complexity index is 630. The molecule has 0 N–H and O–H groups in total. The predicted octanol–water partition coefficient (Wildman–Crippen LogP) is 3.37.